The van der Waals surface area contributed by atoms with Crippen molar-refractivity contribution in [3.05, 3.63) is 62.3 Å². The number of halogens is 1. The molecule has 8 heteroatoms. The molecule has 0 saturated carbocycles. The summed E-state index contributed by atoms with van der Waals surface area (Å²) in [5, 5.41) is 5.00. The van der Waals surface area contributed by atoms with Gasteiger partial charge in [-0.1, -0.05) is 11.6 Å². The topological polar surface area (TPSA) is 92.8 Å². The number of aryl methyl sites for hydroxylation is 2. The summed E-state index contributed by atoms with van der Waals surface area (Å²) in [6, 6.07) is 7.33. The van der Waals surface area contributed by atoms with Gasteiger partial charge in [-0.3, -0.25) is 14.4 Å². The van der Waals surface area contributed by atoms with Crippen LogP contribution in [0.15, 0.2) is 29.1 Å². The molecule has 7 nitrogen and oxygen atoms in total. The van der Waals surface area contributed by atoms with E-state index in [1.807, 2.05) is 26.1 Å². The van der Waals surface area contributed by atoms with E-state index in [2.05, 4.69) is 20.0 Å². The molecule has 0 spiro atoms. The van der Waals surface area contributed by atoms with Gasteiger partial charge in [-0.25, -0.2) is 4.98 Å². The number of aromatic nitrogens is 4. The van der Waals surface area contributed by atoms with Crippen molar-refractivity contribution in [2.75, 3.05) is 12.3 Å². The second-order valence-corrected chi connectivity index (χ2v) is 7.26. The van der Waals surface area contributed by atoms with Gasteiger partial charge < -0.3 is 10.7 Å². The van der Waals surface area contributed by atoms with Gasteiger partial charge in [0.05, 0.1) is 17.0 Å². The minimum absolute atomic E-state index is 0.0921. The van der Waals surface area contributed by atoms with Crippen molar-refractivity contribution in [2.45, 2.75) is 26.4 Å². The second kappa shape index (κ2) is 6.83. The normalized spacial score (nSPS) is 14.3. The van der Waals surface area contributed by atoms with Crippen molar-refractivity contribution in [3.63, 3.8) is 0 Å². The van der Waals surface area contributed by atoms with Crippen molar-refractivity contribution in [2.24, 2.45) is 7.05 Å². The van der Waals surface area contributed by atoms with Crippen LogP contribution in [0.3, 0.4) is 0 Å². The van der Waals surface area contributed by atoms with Gasteiger partial charge in [0.15, 0.2) is 0 Å². The number of aromatic amines is 1. The number of nitrogens with one attached hydrogen (secondary N) is 1. The standard InChI is InChI=1S/C19H21ClN6O/c1-11-14(17(20)25(2)24-11)9-26-8-7-16-15(10-26)19(27)23-18(22-16)12-3-5-13(21)6-4-12/h3-6H,7-10,21H2,1-2H3,(H,22,23,27). The van der Waals surface area contributed by atoms with Gasteiger partial charge in [0.25, 0.3) is 5.56 Å². The number of H-pyrrole nitrogens is 1. The third-order valence-electron chi connectivity index (χ3n) is 4.98. The lowest BCUT2D eigenvalue weighted by Gasteiger charge is -2.27. The van der Waals surface area contributed by atoms with Gasteiger partial charge in [-0.05, 0) is 31.2 Å². The molecule has 0 atom stereocenters. The molecule has 0 unspecified atom stereocenters. The molecule has 0 radical (unpaired) electrons. The Balaban J connectivity index is 1.60. The first-order chi connectivity index (χ1) is 12.9. The number of anilines is 1. The van der Waals surface area contributed by atoms with Crippen molar-refractivity contribution in [1.82, 2.24) is 24.6 Å². The molecule has 0 fully saturated rings. The number of benzene rings is 1. The summed E-state index contributed by atoms with van der Waals surface area (Å²) in [6.07, 6.45) is 0.720. The van der Waals surface area contributed by atoms with E-state index >= 15 is 0 Å². The monoisotopic (exact) mass is 384 g/mol. The maximum absolute atomic E-state index is 12.7. The summed E-state index contributed by atoms with van der Waals surface area (Å²) in [4.78, 5) is 22.5. The third-order valence-corrected chi connectivity index (χ3v) is 5.46. The van der Waals surface area contributed by atoms with E-state index in [0.29, 0.717) is 29.8 Å². The number of hydrogen-bond acceptors (Lipinski definition) is 5. The average Bonchev–Trinajstić information content (AvgIpc) is 2.89. The molecule has 27 heavy (non-hydrogen) atoms. The van der Waals surface area contributed by atoms with E-state index < -0.39 is 0 Å². The quantitative estimate of drug-likeness (QED) is 0.676. The molecule has 0 saturated heterocycles. The Morgan fingerprint density at radius 1 is 1.30 bits per heavy atom. The van der Waals surface area contributed by atoms with Gasteiger partial charge >= 0.3 is 0 Å². The van der Waals surface area contributed by atoms with Crippen LogP contribution in [-0.4, -0.2) is 31.2 Å². The molecule has 1 aromatic carbocycles. The fraction of sp³-hybridized carbons (Fsp3) is 0.316. The summed E-state index contributed by atoms with van der Waals surface area (Å²) in [5.41, 5.74) is 10.7. The van der Waals surface area contributed by atoms with Gasteiger partial charge in [-0.2, -0.15) is 5.10 Å². The minimum Gasteiger partial charge on any atom is -0.399 e. The van der Waals surface area contributed by atoms with Crippen molar-refractivity contribution in [3.8, 4) is 11.4 Å². The van der Waals surface area contributed by atoms with Crippen LogP contribution in [0.25, 0.3) is 11.4 Å². The Kier molecular flexibility index (Phi) is 4.49. The highest BCUT2D eigenvalue weighted by Crippen LogP contribution is 2.24. The molecule has 0 aliphatic carbocycles. The molecule has 1 aliphatic rings. The van der Waals surface area contributed by atoms with Crippen LogP contribution in [0, 0.1) is 6.92 Å². The lowest BCUT2D eigenvalue weighted by Crippen LogP contribution is -2.35. The van der Waals surface area contributed by atoms with Crippen LogP contribution in [0.2, 0.25) is 5.15 Å². The van der Waals surface area contributed by atoms with Crippen LogP contribution in [0.4, 0.5) is 5.69 Å². The molecule has 2 aromatic heterocycles. The first-order valence-electron chi connectivity index (χ1n) is 8.80. The molecule has 0 amide bonds. The number of nitrogens with two attached hydrogens (primary N) is 1. The summed E-state index contributed by atoms with van der Waals surface area (Å²) in [6.45, 7) is 3.98. The van der Waals surface area contributed by atoms with E-state index in [1.165, 1.54) is 0 Å². The first kappa shape index (κ1) is 17.8. The smallest absolute Gasteiger partial charge is 0.255 e. The summed E-state index contributed by atoms with van der Waals surface area (Å²) in [5.74, 6) is 0.582. The summed E-state index contributed by atoms with van der Waals surface area (Å²) >= 11 is 6.35. The molecule has 0 bridgehead atoms. The summed E-state index contributed by atoms with van der Waals surface area (Å²) < 4.78 is 1.68. The molecular formula is C19H21ClN6O. The third kappa shape index (κ3) is 3.36. The highest BCUT2D eigenvalue weighted by molar-refractivity contribution is 6.30. The van der Waals surface area contributed by atoms with E-state index in [4.69, 9.17) is 17.3 Å². The zero-order valence-electron chi connectivity index (χ0n) is 15.3. The van der Waals surface area contributed by atoms with Gasteiger partial charge in [0.1, 0.15) is 11.0 Å². The maximum Gasteiger partial charge on any atom is 0.255 e. The van der Waals surface area contributed by atoms with Crippen LogP contribution < -0.4 is 11.3 Å². The molecule has 1 aliphatic heterocycles. The number of fused-ring (bicyclic) bond motifs is 1. The highest BCUT2D eigenvalue weighted by atomic mass is 35.5. The first-order valence-corrected chi connectivity index (χ1v) is 9.18. The fourth-order valence-electron chi connectivity index (χ4n) is 3.47. The van der Waals surface area contributed by atoms with E-state index in [9.17, 15) is 4.79 Å². The number of hydrogen-bond donors (Lipinski definition) is 2. The Bertz CT molecular complexity index is 1050. The Labute approximate surface area is 161 Å². The predicted octanol–water partition coefficient (Wildman–Crippen LogP) is 2.27. The van der Waals surface area contributed by atoms with Gasteiger partial charge in [-0.15, -0.1) is 0 Å². The van der Waals surface area contributed by atoms with Gasteiger partial charge in [0, 0.05) is 49.9 Å². The zero-order chi connectivity index (χ0) is 19.1. The number of nitrogen functional groups attached to an aromatic ring is 1. The maximum atomic E-state index is 12.7. The number of nitrogens with zero attached hydrogens (tertiary/aromatic N) is 4. The van der Waals surface area contributed by atoms with Crippen molar-refractivity contribution >= 4 is 17.3 Å². The second-order valence-electron chi connectivity index (χ2n) is 6.90. The zero-order valence-corrected chi connectivity index (χ0v) is 16.0. The Morgan fingerprint density at radius 3 is 2.70 bits per heavy atom. The molecule has 4 rings (SSSR count). The molecular weight excluding hydrogens is 364 g/mol. The van der Waals surface area contributed by atoms with Crippen LogP contribution in [0.1, 0.15) is 22.5 Å². The molecule has 3 heterocycles. The van der Waals surface area contributed by atoms with Crippen LogP contribution in [0.5, 0.6) is 0 Å². The molecule has 3 N–H and O–H groups in total. The van der Waals surface area contributed by atoms with Crippen molar-refractivity contribution in [1.29, 1.82) is 0 Å². The number of rotatable bonds is 3. The lowest BCUT2D eigenvalue weighted by atomic mass is 10.1. The van der Waals surface area contributed by atoms with Crippen molar-refractivity contribution < 1.29 is 0 Å². The highest BCUT2D eigenvalue weighted by Gasteiger charge is 2.23. The summed E-state index contributed by atoms with van der Waals surface area (Å²) in [7, 11) is 1.83. The van der Waals surface area contributed by atoms with Gasteiger partial charge in [0.2, 0.25) is 0 Å². The largest absolute Gasteiger partial charge is 0.399 e. The van der Waals surface area contributed by atoms with E-state index in [1.54, 1.807) is 16.8 Å². The van der Waals surface area contributed by atoms with E-state index in [0.717, 1.165) is 41.0 Å². The fourth-order valence-corrected chi connectivity index (χ4v) is 3.71. The molecule has 3 aromatic rings. The average molecular weight is 385 g/mol. The SMILES string of the molecule is Cc1nn(C)c(Cl)c1CN1CCc2nc(-c3ccc(N)cc3)[nH]c(=O)c2C1. The molecule has 140 valence electrons. The predicted molar refractivity (Wildman–Crippen MR) is 105 cm³/mol. The minimum atomic E-state index is -0.0921. The van der Waals surface area contributed by atoms with Crippen LogP contribution in [-0.2, 0) is 26.6 Å². The van der Waals surface area contributed by atoms with Crippen LogP contribution >= 0.6 is 11.6 Å². The van der Waals surface area contributed by atoms with E-state index in [-0.39, 0.29) is 5.56 Å². The Hall–Kier alpha value is -2.64. The Morgan fingerprint density at radius 2 is 2.04 bits per heavy atom. The lowest BCUT2D eigenvalue weighted by molar-refractivity contribution is 0.241.